The molecule has 1 heterocycles. The SMILES string of the molecule is COC(=O)C1CC(=O)N(c2c(F)cc(OC)cc2F)C1. The van der Waals surface area contributed by atoms with Gasteiger partial charge in [0.05, 0.1) is 20.1 Å². The number of methoxy groups -OCH3 is 2. The summed E-state index contributed by atoms with van der Waals surface area (Å²) < 4.78 is 37.1. The van der Waals surface area contributed by atoms with E-state index in [2.05, 4.69) is 4.74 Å². The minimum absolute atomic E-state index is 0.0138. The second-order valence-corrected chi connectivity index (χ2v) is 4.37. The van der Waals surface area contributed by atoms with Gasteiger partial charge in [-0.05, 0) is 0 Å². The Morgan fingerprint density at radius 1 is 1.30 bits per heavy atom. The van der Waals surface area contributed by atoms with Crippen molar-refractivity contribution >= 4 is 17.6 Å². The summed E-state index contributed by atoms with van der Waals surface area (Å²) in [6.07, 6.45) is -0.127. The molecule has 0 radical (unpaired) electrons. The van der Waals surface area contributed by atoms with E-state index in [1.165, 1.54) is 14.2 Å². The molecule has 0 bridgehead atoms. The summed E-state index contributed by atoms with van der Waals surface area (Å²) in [7, 11) is 2.48. The highest BCUT2D eigenvalue weighted by Gasteiger charge is 2.38. The zero-order valence-electron chi connectivity index (χ0n) is 11.0. The van der Waals surface area contributed by atoms with E-state index in [4.69, 9.17) is 4.74 Å². The van der Waals surface area contributed by atoms with Gasteiger partial charge in [0.15, 0.2) is 11.6 Å². The fourth-order valence-corrected chi connectivity index (χ4v) is 2.17. The Labute approximate surface area is 114 Å². The van der Waals surface area contributed by atoms with E-state index < -0.39 is 35.1 Å². The van der Waals surface area contributed by atoms with Crippen molar-refractivity contribution in [3.05, 3.63) is 23.8 Å². The molecule has 1 unspecified atom stereocenters. The van der Waals surface area contributed by atoms with E-state index >= 15 is 0 Å². The Morgan fingerprint density at radius 3 is 2.40 bits per heavy atom. The van der Waals surface area contributed by atoms with Crippen molar-refractivity contribution in [2.75, 3.05) is 25.7 Å². The number of hydrogen-bond acceptors (Lipinski definition) is 4. The fourth-order valence-electron chi connectivity index (χ4n) is 2.17. The second-order valence-electron chi connectivity index (χ2n) is 4.37. The van der Waals surface area contributed by atoms with Crippen molar-refractivity contribution in [1.29, 1.82) is 0 Å². The Hall–Kier alpha value is -2.18. The largest absolute Gasteiger partial charge is 0.497 e. The van der Waals surface area contributed by atoms with Crippen LogP contribution in [0.5, 0.6) is 5.75 Å². The fraction of sp³-hybridized carbons (Fsp3) is 0.385. The quantitative estimate of drug-likeness (QED) is 0.790. The van der Waals surface area contributed by atoms with Crippen LogP contribution < -0.4 is 9.64 Å². The van der Waals surface area contributed by atoms with Gasteiger partial charge >= 0.3 is 5.97 Å². The molecule has 1 aromatic carbocycles. The van der Waals surface area contributed by atoms with E-state index in [-0.39, 0.29) is 18.7 Å². The summed E-state index contributed by atoms with van der Waals surface area (Å²) in [6.45, 7) is -0.105. The highest BCUT2D eigenvalue weighted by atomic mass is 19.1. The predicted octanol–water partition coefficient (Wildman–Crippen LogP) is 1.50. The van der Waals surface area contributed by atoms with Gasteiger partial charge in [-0.2, -0.15) is 0 Å². The third kappa shape index (κ3) is 2.43. The number of amides is 1. The molecule has 0 N–H and O–H groups in total. The lowest BCUT2D eigenvalue weighted by molar-refractivity contribution is -0.145. The van der Waals surface area contributed by atoms with E-state index in [0.29, 0.717) is 0 Å². The minimum atomic E-state index is -0.916. The number of nitrogens with zero attached hydrogens (tertiary/aromatic N) is 1. The molecule has 0 aromatic heterocycles. The van der Waals surface area contributed by atoms with Crippen molar-refractivity contribution in [2.45, 2.75) is 6.42 Å². The van der Waals surface area contributed by atoms with E-state index in [9.17, 15) is 18.4 Å². The average Bonchev–Trinajstić information content (AvgIpc) is 2.79. The lowest BCUT2D eigenvalue weighted by Gasteiger charge is -2.18. The van der Waals surface area contributed by atoms with Crippen molar-refractivity contribution in [3.63, 3.8) is 0 Å². The van der Waals surface area contributed by atoms with Gasteiger partial charge in [-0.15, -0.1) is 0 Å². The molecule has 1 amide bonds. The van der Waals surface area contributed by atoms with Crippen LogP contribution in [0, 0.1) is 17.6 Å². The zero-order chi connectivity index (χ0) is 14.9. The summed E-state index contributed by atoms with van der Waals surface area (Å²) in [5.74, 6) is -3.63. The first-order chi connectivity index (χ1) is 9.47. The van der Waals surface area contributed by atoms with Crippen molar-refractivity contribution in [3.8, 4) is 5.75 Å². The molecule has 1 aliphatic rings. The van der Waals surface area contributed by atoms with Crippen molar-refractivity contribution in [2.24, 2.45) is 5.92 Å². The number of carbonyl (C=O) groups is 2. The van der Waals surface area contributed by atoms with Crippen LogP contribution in [0.15, 0.2) is 12.1 Å². The van der Waals surface area contributed by atoms with Gasteiger partial charge in [-0.1, -0.05) is 0 Å². The number of hydrogen-bond donors (Lipinski definition) is 0. The molecule has 5 nitrogen and oxygen atoms in total. The standard InChI is InChI=1S/C13H13F2NO4/c1-19-8-4-9(14)12(10(15)5-8)16-6-7(3-11(16)17)13(18)20-2/h4-5,7H,3,6H2,1-2H3. The van der Waals surface area contributed by atoms with Gasteiger partial charge in [0.25, 0.3) is 0 Å². The summed E-state index contributed by atoms with van der Waals surface area (Å²) in [4.78, 5) is 24.1. The normalized spacial score (nSPS) is 18.3. The minimum Gasteiger partial charge on any atom is -0.497 e. The molecule has 2 rings (SSSR count). The molecular weight excluding hydrogens is 272 g/mol. The monoisotopic (exact) mass is 285 g/mol. The van der Waals surface area contributed by atoms with E-state index in [0.717, 1.165) is 17.0 Å². The molecule has 0 spiro atoms. The van der Waals surface area contributed by atoms with Gasteiger partial charge in [0.2, 0.25) is 5.91 Å². The maximum absolute atomic E-state index is 13.9. The van der Waals surface area contributed by atoms with Crippen LogP contribution in [-0.2, 0) is 14.3 Å². The molecule has 1 aromatic rings. The number of carbonyl (C=O) groups excluding carboxylic acids is 2. The Bertz CT molecular complexity index is 538. The molecule has 0 saturated carbocycles. The van der Waals surface area contributed by atoms with Crippen LogP contribution in [0.3, 0.4) is 0 Å². The third-order valence-electron chi connectivity index (χ3n) is 3.16. The molecular formula is C13H13F2NO4. The van der Waals surface area contributed by atoms with Crippen LogP contribution in [0.25, 0.3) is 0 Å². The average molecular weight is 285 g/mol. The van der Waals surface area contributed by atoms with Gasteiger partial charge < -0.3 is 14.4 Å². The molecule has 1 saturated heterocycles. The van der Waals surface area contributed by atoms with Crippen molar-refractivity contribution < 1.29 is 27.8 Å². The first-order valence-electron chi connectivity index (χ1n) is 5.89. The summed E-state index contributed by atoms with van der Waals surface area (Å²) >= 11 is 0. The number of anilines is 1. The van der Waals surface area contributed by atoms with Gasteiger partial charge in [0, 0.05) is 25.1 Å². The summed E-state index contributed by atoms with van der Waals surface area (Å²) in [6, 6.07) is 1.97. The number of ether oxygens (including phenoxy) is 2. The number of halogens is 2. The van der Waals surface area contributed by atoms with Gasteiger partial charge in [0.1, 0.15) is 11.4 Å². The molecule has 108 valence electrons. The molecule has 1 atom stereocenters. The third-order valence-corrected chi connectivity index (χ3v) is 3.16. The number of benzene rings is 1. The smallest absolute Gasteiger partial charge is 0.311 e. The summed E-state index contributed by atoms with van der Waals surface area (Å²) in [5, 5.41) is 0. The van der Waals surface area contributed by atoms with Crippen LogP contribution in [-0.4, -0.2) is 32.6 Å². The highest BCUT2D eigenvalue weighted by molar-refractivity contribution is 5.99. The molecule has 1 aliphatic heterocycles. The van der Waals surface area contributed by atoms with Gasteiger partial charge in [-0.25, -0.2) is 8.78 Å². The molecule has 7 heteroatoms. The lowest BCUT2D eigenvalue weighted by Crippen LogP contribution is -2.28. The molecule has 1 fully saturated rings. The first kappa shape index (κ1) is 14.2. The lowest BCUT2D eigenvalue weighted by atomic mass is 10.1. The number of rotatable bonds is 3. The highest BCUT2D eigenvalue weighted by Crippen LogP contribution is 2.32. The predicted molar refractivity (Wildman–Crippen MR) is 65.4 cm³/mol. The zero-order valence-corrected chi connectivity index (χ0v) is 11.0. The van der Waals surface area contributed by atoms with Crippen LogP contribution in [0.2, 0.25) is 0 Å². The van der Waals surface area contributed by atoms with Crippen LogP contribution in [0.4, 0.5) is 14.5 Å². The molecule has 0 aliphatic carbocycles. The van der Waals surface area contributed by atoms with Crippen molar-refractivity contribution in [1.82, 2.24) is 0 Å². The number of esters is 1. The Kier molecular flexibility index (Phi) is 3.87. The topological polar surface area (TPSA) is 55.8 Å². The second kappa shape index (κ2) is 5.44. The maximum Gasteiger partial charge on any atom is 0.311 e. The maximum atomic E-state index is 13.9. The Balaban J connectivity index is 2.33. The first-order valence-corrected chi connectivity index (χ1v) is 5.89. The molecule has 20 heavy (non-hydrogen) atoms. The Morgan fingerprint density at radius 2 is 1.90 bits per heavy atom. The van der Waals surface area contributed by atoms with Gasteiger partial charge in [-0.3, -0.25) is 9.59 Å². The van der Waals surface area contributed by atoms with Crippen LogP contribution in [0.1, 0.15) is 6.42 Å². The van der Waals surface area contributed by atoms with E-state index in [1.807, 2.05) is 0 Å². The van der Waals surface area contributed by atoms with E-state index in [1.54, 1.807) is 0 Å². The van der Waals surface area contributed by atoms with Crippen LogP contribution >= 0.6 is 0 Å². The summed E-state index contributed by atoms with van der Waals surface area (Å²) in [5.41, 5.74) is -0.470.